The second-order valence-electron chi connectivity index (χ2n) is 8.12. The summed E-state index contributed by atoms with van der Waals surface area (Å²) in [5, 5.41) is -0.147. The molecule has 0 radical (unpaired) electrons. The van der Waals surface area contributed by atoms with Gasteiger partial charge in [0.15, 0.2) is 0 Å². The van der Waals surface area contributed by atoms with E-state index in [1.165, 1.54) is 6.07 Å². The monoisotopic (exact) mass is 382 g/mol. The molecule has 1 amide bonds. The number of carbonyl (C=O) groups excluding carboxylic acids is 1. The Bertz CT molecular complexity index is 823. The standard InChI is InChI=1S/C18H26N2O5S/c1-12-13(8-16(25-12)26(3,22)23)17(21)20-11-18(4-6-19(2)7-5-18)14-9-24-10-15(14)20/h8,14-15H,4-7,9-11H2,1-3H3/t14-,15+/m0/s1. The first kappa shape index (κ1) is 18.0. The van der Waals surface area contributed by atoms with Crippen molar-refractivity contribution in [1.82, 2.24) is 9.80 Å². The number of carbonyl (C=O) groups is 1. The number of amides is 1. The van der Waals surface area contributed by atoms with Crippen molar-refractivity contribution < 1.29 is 22.4 Å². The first-order chi connectivity index (χ1) is 12.2. The number of hydrogen-bond donors (Lipinski definition) is 0. The summed E-state index contributed by atoms with van der Waals surface area (Å²) in [6, 6.07) is 1.44. The Morgan fingerprint density at radius 2 is 1.96 bits per heavy atom. The molecule has 1 spiro atoms. The fourth-order valence-corrected chi connectivity index (χ4v) is 5.44. The molecule has 2 atom stereocenters. The maximum absolute atomic E-state index is 13.2. The van der Waals surface area contributed by atoms with Crippen molar-refractivity contribution in [2.45, 2.75) is 30.9 Å². The van der Waals surface area contributed by atoms with Crippen molar-refractivity contribution in [3.63, 3.8) is 0 Å². The van der Waals surface area contributed by atoms with E-state index >= 15 is 0 Å². The zero-order chi connectivity index (χ0) is 18.7. The zero-order valence-electron chi connectivity index (χ0n) is 15.5. The summed E-state index contributed by atoms with van der Waals surface area (Å²) >= 11 is 0. The van der Waals surface area contributed by atoms with Gasteiger partial charge >= 0.3 is 0 Å². The molecule has 7 nitrogen and oxygen atoms in total. The highest BCUT2D eigenvalue weighted by molar-refractivity contribution is 7.90. The molecule has 0 saturated carbocycles. The molecule has 1 aromatic rings. The molecule has 0 unspecified atom stereocenters. The predicted molar refractivity (Wildman–Crippen MR) is 94.9 cm³/mol. The number of fused-ring (bicyclic) bond motifs is 2. The Morgan fingerprint density at radius 3 is 2.58 bits per heavy atom. The van der Waals surface area contributed by atoms with E-state index in [1.54, 1.807) is 6.92 Å². The Morgan fingerprint density at radius 1 is 1.27 bits per heavy atom. The summed E-state index contributed by atoms with van der Waals surface area (Å²) in [6.07, 6.45) is 3.22. The molecule has 3 saturated heterocycles. The molecule has 3 aliphatic heterocycles. The first-order valence-electron chi connectivity index (χ1n) is 9.09. The van der Waals surface area contributed by atoms with Gasteiger partial charge in [-0.05, 0) is 45.3 Å². The number of piperidine rings is 1. The van der Waals surface area contributed by atoms with Gasteiger partial charge in [-0.25, -0.2) is 8.42 Å². The lowest BCUT2D eigenvalue weighted by Gasteiger charge is -2.40. The molecular weight excluding hydrogens is 356 g/mol. The maximum atomic E-state index is 13.2. The fourth-order valence-electron chi connectivity index (χ4n) is 4.83. The second kappa shape index (κ2) is 6.07. The van der Waals surface area contributed by atoms with E-state index < -0.39 is 9.84 Å². The summed E-state index contributed by atoms with van der Waals surface area (Å²) < 4.78 is 34.6. The SMILES string of the molecule is Cc1oc(S(C)(=O)=O)cc1C(=O)N1CC2(CCN(C)CC2)[C@H]2COC[C@H]21. The van der Waals surface area contributed by atoms with Crippen LogP contribution in [0.3, 0.4) is 0 Å². The Hall–Kier alpha value is -1.38. The van der Waals surface area contributed by atoms with E-state index in [1.807, 2.05) is 4.90 Å². The minimum Gasteiger partial charge on any atom is -0.449 e. The number of likely N-dealkylation sites (tertiary alicyclic amines) is 2. The molecule has 1 aromatic heterocycles. The lowest BCUT2D eigenvalue weighted by molar-refractivity contribution is 0.0497. The third-order valence-corrected chi connectivity index (χ3v) is 7.39. The molecule has 0 bridgehead atoms. The smallest absolute Gasteiger partial charge is 0.257 e. The lowest BCUT2D eigenvalue weighted by Crippen LogP contribution is -2.43. The normalized spacial score (nSPS) is 28.7. The summed E-state index contributed by atoms with van der Waals surface area (Å²) in [5.41, 5.74) is 0.460. The van der Waals surface area contributed by atoms with Crippen LogP contribution in [0.15, 0.2) is 15.6 Å². The van der Waals surface area contributed by atoms with Gasteiger partial charge in [0.2, 0.25) is 14.9 Å². The summed E-state index contributed by atoms with van der Waals surface area (Å²) in [4.78, 5) is 17.5. The van der Waals surface area contributed by atoms with Crippen molar-refractivity contribution in [2.24, 2.45) is 11.3 Å². The van der Waals surface area contributed by atoms with Crippen molar-refractivity contribution in [2.75, 3.05) is 46.2 Å². The van der Waals surface area contributed by atoms with Gasteiger partial charge < -0.3 is 19.0 Å². The number of hydrogen-bond acceptors (Lipinski definition) is 6. The van der Waals surface area contributed by atoms with Crippen LogP contribution in [0.4, 0.5) is 0 Å². The number of aryl methyl sites for hydroxylation is 1. The predicted octanol–water partition coefficient (Wildman–Crippen LogP) is 1.17. The number of sulfone groups is 1. The van der Waals surface area contributed by atoms with E-state index in [0.29, 0.717) is 30.5 Å². The molecule has 26 heavy (non-hydrogen) atoms. The molecule has 3 aliphatic rings. The second-order valence-corrected chi connectivity index (χ2v) is 10.1. The molecule has 0 aliphatic carbocycles. The molecule has 3 fully saturated rings. The number of ether oxygens (including phenoxy) is 1. The summed E-state index contributed by atoms with van der Waals surface area (Å²) in [6.45, 7) is 5.70. The molecule has 8 heteroatoms. The molecule has 0 N–H and O–H groups in total. The van der Waals surface area contributed by atoms with Crippen LogP contribution in [0.2, 0.25) is 0 Å². The van der Waals surface area contributed by atoms with Crippen molar-refractivity contribution in [3.8, 4) is 0 Å². The molecule has 0 aromatic carbocycles. The molecule has 144 valence electrons. The molecular formula is C18H26N2O5S. The van der Waals surface area contributed by atoms with Crippen LogP contribution in [-0.2, 0) is 14.6 Å². The van der Waals surface area contributed by atoms with Gasteiger partial charge in [0.1, 0.15) is 5.76 Å². The topological polar surface area (TPSA) is 80.1 Å². The third-order valence-electron chi connectivity index (χ3n) is 6.46. The van der Waals surface area contributed by atoms with Gasteiger partial charge in [-0.2, -0.15) is 0 Å². The highest BCUT2D eigenvalue weighted by Gasteiger charge is 2.56. The van der Waals surface area contributed by atoms with E-state index in [-0.39, 0.29) is 22.5 Å². The minimum absolute atomic E-state index is 0.0712. The average Bonchev–Trinajstić information content (AvgIpc) is 3.25. The molecule has 4 rings (SSSR count). The number of nitrogens with zero attached hydrogens (tertiary/aromatic N) is 2. The Labute approximate surface area is 154 Å². The average molecular weight is 382 g/mol. The van der Waals surface area contributed by atoms with Gasteiger partial charge in [0, 0.05) is 24.8 Å². The number of furan rings is 1. The number of rotatable bonds is 2. The van der Waals surface area contributed by atoms with Crippen molar-refractivity contribution >= 4 is 15.7 Å². The van der Waals surface area contributed by atoms with Gasteiger partial charge in [-0.3, -0.25) is 4.79 Å². The van der Waals surface area contributed by atoms with E-state index in [0.717, 1.165) is 38.7 Å². The summed E-state index contributed by atoms with van der Waals surface area (Å²) in [7, 11) is -1.35. The van der Waals surface area contributed by atoms with E-state index in [2.05, 4.69) is 11.9 Å². The van der Waals surface area contributed by atoms with Crippen molar-refractivity contribution in [3.05, 3.63) is 17.4 Å². The molecule has 4 heterocycles. The maximum Gasteiger partial charge on any atom is 0.257 e. The van der Waals surface area contributed by atoms with Gasteiger partial charge in [0.05, 0.1) is 24.8 Å². The van der Waals surface area contributed by atoms with Crippen LogP contribution in [0.25, 0.3) is 0 Å². The highest BCUT2D eigenvalue weighted by Crippen LogP contribution is 2.50. The minimum atomic E-state index is -3.48. The Balaban J connectivity index is 1.64. The van der Waals surface area contributed by atoms with Crippen LogP contribution >= 0.6 is 0 Å². The first-order valence-corrected chi connectivity index (χ1v) is 11.0. The fraction of sp³-hybridized carbons (Fsp3) is 0.722. The third kappa shape index (κ3) is 2.78. The Kier molecular flexibility index (Phi) is 4.20. The van der Waals surface area contributed by atoms with Crippen LogP contribution in [0.5, 0.6) is 0 Å². The van der Waals surface area contributed by atoms with Crippen molar-refractivity contribution in [1.29, 1.82) is 0 Å². The van der Waals surface area contributed by atoms with Crippen LogP contribution < -0.4 is 0 Å². The van der Waals surface area contributed by atoms with Crippen LogP contribution in [0.1, 0.15) is 29.0 Å². The van der Waals surface area contributed by atoms with E-state index in [4.69, 9.17) is 9.15 Å². The lowest BCUT2D eigenvalue weighted by atomic mass is 9.70. The summed E-state index contributed by atoms with van der Waals surface area (Å²) in [5.74, 6) is 0.578. The van der Waals surface area contributed by atoms with Gasteiger partial charge in [-0.15, -0.1) is 0 Å². The van der Waals surface area contributed by atoms with Crippen LogP contribution in [-0.4, -0.2) is 76.3 Å². The van der Waals surface area contributed by atoms with Gasteiger partial charge in [0.25, 0.3) is 5.91 Å². The van der Waals surface area contributed by atoms with E-state index in [9.17, 15) is 13.2 Å². The van der Waals surface area contributed by atoms with Crippen LogP contribution in [0, 0.1) is 18.3 Å². The van der Waals surface area contributed by atoms with Gasteiger partial charge in [-0.1, -0.05) is 0 Å². The zero-order valence-corrected chi connectivity index (χ0v) is 16.3. The quantitative estimate of drug-likeness (QED) is 0.764. The largest absolute Gasteiger partial charge is 0.449 e. The highest BCUT2D eigenvalue weighted by atomic mass is 32.2.